The molecule has 1 N–H and O–H groups in total. The number of thiocarbonyl (C=S) groups is 1. The Kier molecular flexibility index (Phi) is 5.19. The summed E-state index contributed by atoms with van der Waals surface area (Å²) in [6.45, 7) is 14.5. The summed E-state index contributed by atoms with van der Waals surface area (Å²) in [5.74, 6) is 0. The molecule has 2 aliphatic heterocycles. The van der Waals surface area contributed by atoms with Crippen LogP contribution in [0.25, 0.3) is 0 Å². The van der Waals surface area contributed by atoms with Crippen molar-refractivity contribution in [1.29, 1.82) is 0 Å². The highest BCUT2D eigenvalue weighted by molar-refractivity contribution is 7.80. The number of nitrogens with one attached hydrogen (secondary N) is 1. The molecule has 0 aromatic rings. The topological polar surface area (TPSA) is 27.7 Å². The summed E-state index contributed by atoms with van der Waals surface area (Å²) in [6.07, 6.45) is 5.07. The van der Waals surface area contributed by atoms with E-state index in [0.29, 0.717) is 16.9 Å². The van der Waals surface area contributed by atoms with Gasteiger partial charge in [0.05, 0.1) is 13.2 Å². The van der Waals surface area contributed by atoms with Crippen molar-refractivity contribution in [3.05, 3.63) is 0 Å². The smallest absolute Gasteiger partial charge is 0.169 e. The Morgan fingerprint density at radius 1 is 1.22 bits per heavy atom. The minimum absolute atomic E-state index is 0.450. The van der Waals surface area contributed by atoms with Gasteiger partial charge in [-0.2, -0.15) is 0 Å². The van der Waals surface area contributed by atoms with Crippen LogP contribution in [0, 0.1) is 10.8 Å². The van der Waals surface area contributed by atoms with E-state index in [4.69, 9.17) is 17.0 Å². The number of rotatable bonds is 4. The molecular weight excluding hydrogens is 306 g/mol. The number of hydrogen-bond acceptors (Lipinski definition) is 3. The fourth-order valence-electron chi connectivity index (χ4n) is 5.12. The molecular formula is C18H33N3OS. The van der Waals surface area contributed by atoms with E-state index in [0.717, 1.165) is 57.5 Å². The minimum atomic E-state index is 0.450. The normalized spacial score (nSPS) is 33.7. The number of ether oxygens (including phenoxy) is 1. The standard InChI is InChI=1S/C18H33N3OS/c1-17(2)11-15-12-18(3,13-17)14-21(15)16(23)19-5-4-6-20-7-9-22-10-8-20/h15H,4-14H2,1-3H3,(H,19,23)/t15-,18+/m1/s1. The van der Waals surface area contributed by atoms with Gasteiger partial charge in [0.15, 0.2) is 5.11 Å². The SMILES string of the molecule is CC1(C)C[C@@H]2C[C@](C)(CN2C(=S)NCCCN2CCOCC2)C1. The van der Waals surface area contributed by atoms with Crippen molar-refractivity contribution < 1.29 is 4.74 Å². The average Bonchev–Trinajstić information content (AvgIpc) is 2.73. The molecule has 0 aromatic carbocycles. The van der Waals surface area contributed by atoms with Gasteiger partial charge in [0.25, 0.3) is 0 Å². The summed E-state index contributed by atoms with van der Waals surface area (Å²) < 4.78 is 5.39. The van der Waals surface area contributed by atoms with Gasteiger partial charge in [-0.3, -0.25) is 4.90 Å². The zero-order chi connectivity index (χ0) is 16.5. The maximum absolute atomic E-state index is 5.71. The summed E-state index contributed by atoms with van der Waals surface area (Å²) in [5, 5.41) is 4.51. The molecule has 0 radical (unpaired) electrons. The van der Waals surface area contributed by atoms with Gasteiger partial charge in [0, 0.05) is 32.2 Å². The second kappa shape index (κ2) is 6.85. The molecule has 0 aromatic heterocycles. The third-order valence-electron chi connectivity index (χ3n) is 5.71. The van der Waals surface area contributed by atoms with E-state index >= 15 is 0 Å². The van der Waals surface area contributed by atoms with Gasteiger partial charge in [-0.1, -0.05) is 20.8 Å². The molecule has 3 rings (SSSR count). The van der Waals surface area contributed by atoms with E-state index in [1.54, 1.807) is 0 Å². The van der Waals surface area contributed by atoms with Crippen molar-refractivity contribution in [2.75, 3.05) is 45.9 Å². The maximum atomic E-state index is 5.71. The first-order valence-electron chi connectivity index (χ1n) is 9.22. The predicted octanol–water partition coefficient (Wildman–Crippen LogP) is 2.48. The summed E-state index contributed by atoms with van der Waals surface area (Å²) in [6, 6.07) is 0.642. The molecule has 3 fully saturated rings. The van der Waals surface area contributed by atoms with Crippen molar-refractivity contribution in [1.82, 2.24) is 15.1 Å². The Labute approximate surface area is 146 Å². The maximum Gasteiger partial charge on any atom is 0.169 e. The number of fused-ring (bicyclic) bond motifs is 2. The Morgan fingerprint density at radius 2 is 1.96 bits per heavy atom. The summed E-state index contributed by atoms with van der Waals surface area (Å²) in [5.41, 5.74) is 0.907. The molecule has 5 heteroatoms. The van der Waals surface area contributed by atoms with Crippen LogP contribution in [0.4, 0.5) is 0 Å². The fraction of sp³-hybridized carbons (Fsp3) is 0.944. The molecule has 132 valence electrons. The van der Waals surface area contributed by atoms with Crippen LogP contribution in [-0.4, -0.2) is 66.9 Å². The highest BCUT2D eigenvalue weighted by Gasteiger charge is 2.50. The second-order valence-corrected chi connectivity index (χ2v) is 9.27. The van der Waals surface area contributed by atoms with E-state index in [1.807, 2.05) is 0 Å². The van der Waals surface area contributed by atoms with E-state index in [-0.39, 0.29) is 0 Å². The Hall–Kier alpha value is -0.390. The average molecular weight is 340 g/mol. The van der Waals surface area contributed by atoms with Gasteiger partial charge < -0.3 is 15.0 Å². The lowest BCUT2D eigenvalue weighted by molar-refractivity contribution is 0.0375. The molecule has 0 unspecified atom stereocenters. The first-order valence-corrected chi connectivity index (χ1v) is 9.62. The quantitative estimate of drug-likeness (QED) is 0.627. The molecule has 3 aliphatic rings. The number of hydrogen-bond donors (Lipinski definition) is 1. The Morgan fingerprint density at radius 3 is 2.70 bits per heavy atom. The first-order chi connectivity index (χ1) is 10.9. The third-order valence-corrected chi connectivity index (χ3v) is 6.09. The molecule has 2 atom stereocenters. The van der Waals surface area contributed by atoms with Gasteiger partial charge in [-0.25, -0.2) is 0 Å². The van der Waals surface area contributed by atoms with Gasteiger partial charge in [-0.15, -0.1) is 0 Å². The van der Waals surface area contributed by atoms with Crippen LogP contribution in [-0.2, 0) is 4.74 Å². The minimum Gasteiger partial charge on any atom is -0.379 e. The van der Waals surface area contributed by atoms with Crippen molar-refractivity contribution in [2.24, 2.45) is 10.8 Å². The Bertz CT molecular complexity index is 436. The Balaban J connectivity index is 1.42. The van der Waals surface area contributed by atoms with Crippen molar-refractivity contribution >= 4 is 17.3 Å². The van der Waals surface area contributed by atoms with Crippen LogP contribution in [0.2, 0.25) is 0 Å². The predicted molar refractivity (Wildman–Crippen MR) is 98.7 cm³/mol. The molecule has 1 saturated carbocycles. The zero-order valence-corrected chi connectivity index (χ0v) is 15.9. The van der Waals surface area contributed by atoms with E-state index in [2.05, 4.69) is 35.9 Å². The van der Waals surface area contributed by atoms with Crippen LogP contribution in [0.5, 0.6) is 0 Å². The molecule has 0 amide bonds. The molecule has 4 nitrogen and oxygen atoms in total. The van der Waals surface area contributed by atoms with Gasteiger partial charge in [0.2, 0.25) is 0 Å². The van der Waals surface area contributed by atoms with E-state index in [9.17, 15) is 0 Å². The first kappa shape index (κ1) is 17.4. The van der Waals surface area contributed by atoms with Crippen LogP contribution < -0.4 is 5.32 Å². The lowest BCUT2D eigenvalue weighted by Gasteiger charge is -2.39. The van der Waals surface area contributed by atoms with Gasteiger partial charge in [0.1, 0.15) is 0 Å². The van der Waals surface area contributed by atoms with Crippen molar-refractivity contribution in [2.45, 2.75) is 52.5 Å². The molecule has 2 saturated heterocycles. The van der Waals surface area contributed by atoms with E-state index < -0.39 is 0 Å². The summed E-state index contributed by atoms with van der Waals surface area (Å²) in [4.78, 5) is 4.97. The number of likely N-dealkylation sites (tertiary alicyclic amines) is 1. The van der Waals surface area contributed by atoms with Crippen LogP contribution in [0.1, 0.15) is 46.5 Å². The van der Waals surface area contributed by atoms with Crippen molar-refractivity contribution in [3.63, 3.8) is 0 Å². The third kappa shape index (κ3) is 4.37. The van der Waals surface area contributed by atoms with Crippen LogP contribution >= 0.6 is 12.2 Å². The molecule has 23 heavy (non-hydrogen) atoms. The lowest BCUT2D eigenvalue weighted by atomic mass is 9.65. The number of nitrogens with zero attached hydrogens (tertiary/aromatic N) is 2. The molecule has 0 spiro atoms. The zero-order valence-electron chi connectivity index (χ0n) is 15.1. The van der Waals surface area contributed by atoms with E-state index in [1.165, 1.54) is 19.3 Å². The molecule has 1 aliphatic carbocycles. The van der Waals surface area contributed by atoms with Crippen LogP contribution in [0.15, 0.2) is 0 Å². The molecule has 2 heterocycles. The highest BCUT2D eigenvalue weighted by Crippen LogP contribution is 2.52. The highest BCUT2D eigenvalue weighted by atomic mass is 32.1. The summed E-state index contributed by atoms with van der Waals surface area (Å²) >= 11 is 5.71. The fourth-order valence-corrected chi connectivity index (χ4v) is 5.44. The second-order valence-electron chi connectivity index (χ2n) is 8.88. The van der Waals surface area contributed by atoms with Gasteiger partial charge >= 0.3 is 0 Å². The molecule has 2 bridgehead atoms. The van der Waals surface area contributed by atoms with Gasteiger partial charge in [-0.05, 0) is 55.3 Å². The summed E-state index contributed by atoms with van der Waals surface area (Å²) in [7, 11) is 0. The lowest BCUT2D eigenvalue weighted by Crippen LogP contribution is -2.44. The van der Waals surface area contributed by atoms with Crippen molar-refractivity contribution in [3.8, 4) is 0 Å². The monoisotopic (exact) mass is 339 g/mol. The number of morpholine rings is 1. The largest absolute Gasteiger partial charge is 0.379 e. The van der Waals surface area contributed by atoms with Crippen LogP contribution in [0.3, 0.4) is 0 Å².